The topological polar surface area (TPSA) is 307 Å². The SMILES string of the molecule is NC(N)=N/N=C/c1cc(Cl)ccc1Cl.NC(N)=N/N=C/c1cc(F)cc(F)c1Cl.NC(N)=N/N=C/c1ccc(F)c(F)c1Cl.NC(N)=N/N=C/c1cccc(Cl)c1F. The first-order valence-electron chi connectivity index (χ1n) is 14.9. The average Bonchev–Trinajstić information content (AvgIpc) is 3.14. The summed E-state index contributed by atoms with van der Waals surface area (Å²) < 4.78 is 64.4. The fourth-order valence-electron chi connectivity index (χ4n) is 3.18. The van der Waals surface area contributed by atoms with Gasteiger partial charge in [0, 0.05) is 38.4 Å². The minimum atomic E-state index is -1.13. The molecular formula is C32H30Cl5F5N16. The van der Waals surface area contributed by atoms with Gasteiger partial charge in [0.05, 0.1) is 39.9 Å². The molecule has 0 saturated carbocycles. The van der Waals surface area contributed by atoms with E-state index < -0.39 is 29.1 Å². The molecule has 26 heteroatoms. The molecule has 0 amide bonds. The highest BCUT2D eigenvalue weighted by molar-refractivity contribution is 6.35. The number of guanidine groups is 4. The first-order valence-corrected chi connectivity index (χ1v) is 16.8. The summed E-state index contributed by atoms with van der Waals surface area (Å²) in [4.78, 5) is 0. The maximum Gasteiger partial charge on any atom is 0.211 e. The van der Waals surface area contributed by atoms with Crippen LogP contribution in [0.3, 0.4) is 0 Å². The van der Waals surface area contributed by atoms with Crippen LogP contribution in [0.5, 0.6) is 0 Å². The quantitative estimate of drug-likeness (QED) is 0.0292. The maximum absolute atomic E-state index is 13.2. The fourth-order valence-corrected chi connectivity index (χ4v) is 4.06. The molecule has 0 heterocycles. The molecular weight excluding hydrogens is 881 g/mol. The minimum absolute atomic E-state index is 0.0265. The van der Waals surface area contributed by atoms with Crippen molar-refractivity contribution in [3.63, 3.8) is 0 Å². The summed E-state index contributed by atoms with van der Waals surface area (Å²) in [6, 6.07) is 13.4. The Morgan fingerprint density at radius 3 is 1.43 bits per heavy atom. The summed E-state index contributed by atoms with van der Waals surface area (Å²) in [6.07, 6.45) is 4.77. The van der Waals surface area contributed by atoms with E-state index in [9.17, 15) is 22.0 Å². The van der Waals surface area contributed by atoms with E-state index in [1.54, 1.807) is 24.3 Å². The Kier molecular flexibility index (Phi) is 22.1. The second-order valence-corrected chi connectivity index (χ2v) is 11.9. The van der Waals surface area contributed by atoms with E-state index in [1.165, 1.54) is 30.6 Å². The molecule has 4 aromatic carbocycles. The molecule has 0 aliphatic heterocycles. The molecule has 58 heavy (non-hydrogen) atoms. The number of halogens is 10. The lowest BCUT2D eigenvalue weighted by atomic mass is 10.2. The van der Waals surface area contributed by atoms with Crippen LogP contribution in [0, 0.1) is 29.1 Å². The molecule has 0 saturated heterocycles. The van der Waals surface area contributed by atoms with E-state index >= 15 is 0 Å². The molecule has 16 nitrogen and oxygen atoms in total. The highest BCUT2D eigenvalue weighted by atomic mass is 35.5. The van der Waals surface area contributed by atoms with E-state index in [1.807, 2.05) is 0 Å². The van der Waals surface area contributed by atoms with Crippen LogP contribution in [0.1, 0.15) is 22.3 Å². The van der Waals surface area contributed by atoms with Crippen LogP contribution in [0.2, 0.25) is 25.1 Å². The van der Waals surface area contributed by atoms with Crippen molar-refractivity contribution in [2.45, 2.75) is 0 Å². The molecule has 4 rings (SSSR count). The third-order valence-electron chi connectivity index (χ3n) is 5.51. The molecule has 308 valence electrons. The van der Waals surface area contributed by atoms with E-state index in [0.29, 0.717) is 21.7 Å². The maximum atomic E-state index is 13.2. The van der Waals surface area contributed by atoms with E-state index in [0.717, 1.165) is 24.6 Å². The van der Waals surface area contributed by atoms with Crippen LogP contribution in [-0.2, 0) is 0 Å². The lowest BCUT2D eigenvalue weighted by molar-refractivity contribution is 0.509. The molecule has 0 radical (unpaired) electrons. The largest absolute Gasteiger partial charge is 0.369 e. The van der Waals surface area contributed by atoms with E-state index in [2.05, 4.69) is 40.8 Å². The predicted octanol–water partition coefficient (Wildman–Crippen LogP) is 5.14. The van der Waals surface area contributed by atoms with Gasteiger partial charge < -0.3 is 45.9 Å². The van der Waals surface area contributed by atoms with Gasteiger partial charge in [-0.25, -0.2) is 22.0 Å². The summed E-state index contributed by atoms with van der Waals surface area (Å²) in [5, 5.41) is 27.7. The number of hydrogen-bond donors (Lipinski definition) is 8. The lowest BCUT2D eigenvalue weighted by Gasteiger charge is -1.99. The molecule has 0 aliphatic carbocycles. The number of hydrogen-bond acceptors (Lipinski definition) is 8. The second kappa shape index (κ2) is 25.8. The van der Waals surface area contributed by atoms with Gasteiger partial charge in [0.15, 0.2) is 17.5 Å². The van der Waals surface area contributed by atoms with Crippen molar-refractivity contribution in [2.24, 2.45) is 86.7 Å². The molecule has 0 unspecified atom stereocenters. The smallest absolute Gasteiger partial charge is 0.211 e. The Balaban J connectivity index is 0.000000387. The summed E-state index contributed by atoms with van der Waals surface area (Å²) in [5.41, 5.74) is 41.3. The Morgan fingerprint density at radius 2 is 0.914 bits per heavy atom. The molecule has 0 fully saturated rings. The lowest BCUT2D eigenvalue weighted by Crippen LogP contribution is -2.21. The van der Waals surface area contributed by atoms with Crippen molar-refractivity contribution in [3.8, 4) is 0 Å². The second-order valence-electron chi connectivity index (χ2n) is 9.94. The van der Waals surface area contributed by atoms with Crippen LogP contribution in [0.15, 0.2) is 101 Å². The van der Waals surface area contributed by atoms with Crippen molar-refractivity contribution in [2.75, 3.05) is 0 Å². The summed E-state index contributed by atoms with van der Waals surface area (Å²) in [5.74, 6) is -5.16. The molecule has 0 atom stereocenters. The molecule has 0 aromatic heterocycles. The number of nitrogens with two attached hydrogens (primary N) is 8. The number of benzene rings is 4. The van der Waals surface area contributed by atoms with E-state index in [4.69, 9.17) is 104 Å². The monoisotopic (exact) mass is 908 g/mol. The zero-order valence-electron chi connectivity index (χ0n) is 29.1. The molecule has 0 spiro atoms. The first kappa shape index (κ1) is 49.8. The van der Waals surface area contributed by atoms with Gasteiger partial charge in [0.1, 0.15) is 11.6 Å². The Bertz CT molecular complexity index is 2230. The Hall–Kier alpha value is -6.26. The molecule has 0 aliphatic rings. The molecule has 16 N–H and O–H groups in total. The average molecular weight is 911 g/mol. The highest BCUT2D eigenvalue weighted by Gasteiger charge is 2.10. The van der Waals surface area contributed by atoms with Crippen LogP contribution >= 0.6 is 58.0 Å². The van der Waals surface area contributed by atoms with Gasteiger partial charge in [0.2, 0.25) is 23.8 Å². The highest BCUT2D eigenvalue weighted by Crippen LogP contribution is 2.22. The van der Waals surface area contributed by atoms with Gasteiger partial charge in [-0.3, -0.25) is 0 Å². The van der Waals surface area contributed by atoms with Gasteiger partial charge >= 0.3 is 0 Å². The van der Waals surface area contributed by atoms with Gasteiger partial charge in [0.25, 0.3) is 0 Å². The van der Waals surface area contributed by atoms with Gasteiger partial charge in [-0.15, -0.1) is 20.4 Å². The standard InChI is InChI=1S/C8H8Cl2N4.2C8H7ClF2N4.C8H8ClFN4/c9-6-1-2-7(10)5(3-6)4-13-14-8(11)12;9-7-4(3-14-15-8(12)13)1-5(10)2-6(7)11;9-6-4(3-14-15-8(12)13)1-2-5(10)7(6)11;9-6-3-1-2-5(7(6)10)4-13-14-8(11)12/h1-4H,(H4,11,12,14);2*1-3H,(H4,12,13,15);1-4H,(H4,11,12,14)/b13-4+;2*14-3+;13-4+. The van der Waals surface area contributed by atoms with Crippen LogP contribution in [0.4, 0.5) is 22.0 Å². The Labute approximate surface area is 351 Å². The summed E-state index contributed by atoms with van der Waals surface area (Å²) in [6.45, 7) is 0. The van der Waals surface area contributed by atoms with Gasteiger partial charge in [-0.2, -0.15) is 20.4 Å². The Morgan fingerprint density at radius 1 is 0.431 bits per heavy atom. The van der Waals surface area contributed by atoms with Crippen molar-refractivity contribution < 1.29 is 22.0 Å². The van der Waals surface area contributed by atoms with Crippen molar-refractivity contribution in [1.29, 1.82) is 0 Å². The van der Waals surface area contributed by atoms with Gasteiger partial charge in [-0.05, 0) is 42.5 Å². The van der Waals surface area contributed by atoms with Crippen LogP contribution in [0.25, 0.3) is 0 Å². The molecule has 4 aromatic rings. The molecule has 0 bridgehead atoms. The van der Waals surface area contributed by atoms with E-state index in [-0.39, 0.29) is 55.6 Å². The predicted molar refractivity (Wildman–Crippen MR) is 224 cm³/mol. The van der Waals surface area contributed by atoms with Crippen molar-refractivity contribution in [1.82, 2.24) is 0 Å². The number of nitrogens with zero attached hydrogens (tertiary/aromatic N) is 8. The van der Waals surface area contributed by atoms with Crippen LogP contribution in [-0.4, -0.2) is 48.7 Å². The van der Waals surface area contributed by atoms with Gasteiger partial charge in [-0.1, -0.05) is 70.1 Å². The van der Waals surface area contributed by atoms with Crippen molar-refractivity contribution >= 4 is 107 Å². The first-order chi connectivity index (χ1) is 27.2. The zero-order valence-corrected chi connectivity index (χ0v) is 32.8. The van der Waals surface area contributed by atoms with Crippen LogP contribution < -0.4 is 45.9 Å². The fraction of sp³-hybridized carbons (Fsp3) is 0. The van der Waals surface area contributed by atoms with Crippen molar-refractivity contribution in [3.05, 3.63) is 137 Å². The third kappa shape index (κ3) is 19.6. The third-order valence-corrected chi connectivity index (χ3v) is 7.16. The summed E-state index contributed by atoms with van der Waals surface area (Å²) >= 11 is 28.2. The normalized spacial score (nSPS) is 10.5. The minimum Gasteiger partial charge on any atom is -0.369 e. The zero-order chi connectivity index (χ0) is 43.9. The summed E-state index contributed by atoms with van der Waals surface area (Å²) in [7, 11) is 0. The number of rotatable bonds is 8.